The highest BCUT2D eigenvalue weighted by atomic mass is 35.5. The highest BCUT2D eigenvalue weighted by Crippen LogP contribution is 2.25. The second-order valence-corrected chi connectivity index (χ2v) is 4.58. The quantitative estimate of drug-likeness (QED) is 0.882. The van der Waals surface area contributed by atoms with Gasteiger partial charge in [-0.2, -0.15) is 0 Å². The third-order valence-electron chi connectivity index (χ3n) is 2.76. The van der Waals surface area contributed by atoms with Crippen LogP contribution in [0.4, 0.5) is 0 Å². The Morgan fingerprint density at radius 3 is 2.55 bits per heavy atom. The molecule has 0 amide bonds. The lowest BCUT2D eigenvalue weighted by molar-refractivity contribution is 0.412. The lowest BCUT2D eigenvalue weighted by atomic mass is 10.2. The normalized spacial score (nSPS) is 10.3. The summed E-state index contributed by atoms with van der Waals surface area (Å²) >= 11 is 6.10. The van der Waals surface area contributed by atoms with Crippen LogP contribution in [0.2, 0.25) is 5.02 Å². The van der Waals surface area contributed by atoms with Gasteiger partial charge in [-0.1, -0.05) is 18.5 Å². The molecule has 0 aliphatic rings. The molecule has 5 heteroatoms. The van der Waals surface area contributed by atoms with Gasteiger partial charge in [-0.3, -0.25) is 0 Å². The maximum Gasteiger partial charge on any atom is 0.219 e. The van der Waals surface area contributed by atoms with Crippen LogP contribution in [-0.2, 0) is 6.54 Å². The molecule has 20 heavy (non-hydrogen) atoms. The van der Waals surface area contributed by atoms with E-state index in [0.717, 1.165) is 17.9 Å². The predicted molar refractivity (Wildman–Crippen MR) is 79.7 cm³/mol. The van der Waals surface area contributed by atoms with Crippen LogP contribution >= 0.6 is 11.6 Å². The molecule has 1 aromatic carbocycles. The first-order chi connectivity index (χ1) is 9.72. The molecule has 1 aromatic heterocycles. The van der Waals surface area contributed by atoms with Gasteiger partial charge in [0.25, 0.3) is 0 Å². The molecule has 0 bridgehead atoms. The largest absolute Gasteiger partial charge is 0.497 e. The summed E-state index contributed by atoms with van der Waals surface area (Å²) in [6.45, 7) is 3.62. The molecule has 4 nitrogen and oxygen atoms in total. The van der Waals surface area contributed by atoms with Gasteiger partial charge in [-0.15, -0.1) is 0 Å². The first kappa shape index (κ1) is 14.6. The number of methoxy groups -OCH3 is 1. The van der Waals surface area contributed by atoms with Gasteiger partial charge in [-0.05, 0) is 36.4 Å². The van der Waals surface area contributed by atoms with Crippen LogP contribution in [0.3, 0.4) is 0 Å². The van der Waals surface area contributed by atoms with Crippen LogP contribution in [0.15, 0.2) is 36.5 Å². The number of nitrogens with zero attached hydrogens (tertiary/aromatic N) is 1. The van der Waals surface area contributed by atoms with Gasteiger partial charge >= 0.3 is 0 Å². The highest BCUT2D eigenvalue weighted by Gasteiger charge is 2.05. The van der Waals surface area contributed by atoms with Crippen molar-refractivity contribution in [1.82, 2.24) is 10.3 Å². The van der Waals surface area contributed by atoms with Gasteiger partial charge in [-0.25, -0.2) is 4.98 Å². The minimum absolute atomic E-state index is 0.521. The molecule has 0 atom stereocenters. The van der Waals surface area contributed by atoms with E-state index in [1.165, 1.54) is 0 Å². The highest BCUT2D eigenvalue weighted by molar-refractivity contribution is 6.31. The van der Waals surface area contributed by atoms with Crippen molar-refractivity contribution in [3.8, 4) is 17.4 Å². The third kappa shape index (κ3) is 3.85. The Bertz CT molecular complexity index is 558. The first-order valence-electron chi connectivity index (χ1n) is 6.40. The van der Waals surface area contributed by atoms with Crippen molar-refractivity contribution in [2.24, 2.45) is 0 Å². The van der Waals surface area contributed by atoms with E-state index in [1.807, 2.05) is 37.3 Å². The number of ether oxygens (including phenoxy) is 2. The molecule has 0 saturated heterocycles. The molecule has 106 valence electrons. The number of aromatic nitrogens is 1. The lowest BCUT2D eigenvalue weighted by Gasteiger charge is -2.09. The van der Waals surface area contributed by atoms with E-state index in [-0.39, 0.29) is 0 Å². The van der Waals surface area contributed by atoms with Crippen molar-refractivity contribution in [2.75, 3.05) is 13.7 Å². The Balaban J connectivity index is 2.11. The van der Waals surface area contributed by atoms with E-state index in [2.05, 4.69) is 10.3 Å². The number of hydrogen-bond acceptors (Lipinski definition) is 4. The molecular weight excluding hydrogens is 276 g/mol. The Hall–Kier alpha value is -1.78. The Labute approximate surface area is 123 Å². The van der Waals surface area contributed by atoms with Crippen molar-refractivity contribution in [3.05, 3.63) is 47.1 Å². The Morgan fingerprint density at radius 2 is 1.90 bits per heavy atom. The standard InChI is InChI=1S/C15H17ClN2O2/c1-3-17-9-11-8-15(18-10-14(11)16)20-13-6-4-12(19-2)5-7-13/h4-8,10,17H,3,9H2,1-2H3. The molecule has 0 fully saturated rings. The van der Waals surface area contributed by atoms with Gasteiger partial charge in [0.2, 0.25) is 5.88 Å². The van der Waals surface area contributed by atoms with E-state index in [1.54, 1.807) is 13.3 Å². The second kappa shape index (κ2) is 7.12. The van der Waals surface area contributed by atoms with E-state index in [0.29, 0.717) is 23.2 Å². The first-order valence-corrected chi connectivity index (χ1v) is 6.77. The molecule has 0 unspecified atom stereocenters. The topological polar surface area (TPSA) is 43.4 Å². The zero-order valence-electron chi connectivity index (χ0n) is 11.5. The van der Waals surface area contributed by atoms with Crippen molar-refractivity contribution < 1.29 is 9.47 Å². The maximum atomic E-state index is 6.10. The molecule has 2 rings (SSSR count). The molecular formula is C15H17ClN2O2. The van der Waals surface area contributed by atoms with Crippen molar-refractivity contribution >= 4 is 11.6 Å². The van der Waals surface area contributed by atoms with E-state index < -0.39 is 0 Å². The zero-order chi connectivity index (χ0) is 14.4. The van der Waals surface area contributed by atoms with Crippen LogP contribution < -0.4 is 14.8 Å². The molecule has 0 aliphatic carbocycles. The fourth-order valence-electron chi connectivity index (χ4n) is 1.67. The van der Waals surface area contributed by atoms with Crippen LogP contribution in [-0.4, -0.2) is 18.6 Å². The van der Waals surface area contributed by atoms with Gasteiger partial charge in [0.15, 0.2) is 0 Å². The van der Waals surface area contributed by atoms with Gasteiger partial charge in [0, 0.05) is 18.8 Å². The smallest absolute Gasteiger partial charge is 0.219 e. The maximum absolute atomic E-state index is 6.10. The number of nitrogens with one attached hydrogen (secondary N) is 1. The average Bonchev–Trinajstić information content (AvgIpc) is 2.48. The van der Waals surface area contributed by atoms with Crippen LogP contribution in [0.1, 0.15) is 12.5 Å². The Kier molecular flexibility index (Phi) is 5.21. The van der Waals surface area contributed by atoms with E-state index in [9.17, 15) is 0 Å². The summed E-state index contributed by atoms with van der Waals surface area (Å²) in [6, 6.07) is 9.18. The summed E-state index contributed by atoms with van der Waals surface area (Å²) in [5.41, 5.74) is 0.965. The number of hydrogen-bond donors (Lipinski definition) is 1. The van der Waals surface area contributed by atoms with E-state index in [4.69, 9.17) is 21.1 Å². The molecule has 0 spiro atoms. The molecule has 0 aliphatic heterocycles. The zero-order valence-corrected chi connectivity index (χ0v) is 12.3. The molecule has 2 aromatic rings. The molecule has 0 saturated carbocycles. The van der Waals surface area contributed by atoms with Crippen molar-refractivity contribution in [3.63, 3.8) is 0 Å². The molecule has 1 heterocycles. The minimum atomic E-state index is 0.521. The van der Waals surface area contributed by atoms with Gasteiger partial charge in [0.1, 0.15) is 11.5 Å². The number of rotatable bonds is 6. The fraction of sp³-hybridized carbons (Fsp3) is 0.267. The second-order valence-electron chi connectivity index (χ2n) is 4.17. The van der Waals surface area contributed by atoms with Crippen molar-refractivity contribution in [1.29, 1.82) is 0 Å². The van der Waals surface area contributed by atoms with Crippen molar-refractivity contribution in [2.45, 2.75) is 13.5 Å². The van der Waals surface area contributed by atoms with E-state index >= 15 is 0 Å². The monoisotopic (exact) mass is 292 g/mol. The van der Waals surface area contributed by atoms with Gasteiger partial charge < -0.3 is 14.8 Å². The summed E-state index contributed by atoms with van der Waals surface area (Å²) in [6.07, 6.45) is 1.60. The SMILES string of the molecule is CCNCc1cc(Oc2ccc(OC)cc2)ncc1Cl. The lowest BCUT2D eigenvalue weighted by Crippen LogP contribution is -2.12. The summed E-state index contributed by atoms with van der Waals surface area (Å²) in [7, 11) is 1.63. The number of pyridine rings is 1. The van der Waals surface area contributed by atoms with Crippen LogP contribution in [0.5, 0.6) is 17.4 Å². The number of halogens is 1. The predicted octanol–water partition coefficient (Wildman–Crippen LogP) is 3.65. The molecule has 0 radical (unpaired) electrons. The van der Waals surface area contributed by atoms with Crippen LogP contribution in [0.25, 0.3) is 0 Å². The van der Waals surface area contributed by atoms with Crippen LogP contribution in [0, 0.1) is 0 Å². The van der Waals surface area contributed by atoms with Gasteiger partial charge in [0.05, 0.1) is 12.1 Å². The average molecular weight is 293 g/mol. The molecule has 1 N–H and O–H groups in total. The third-order valence-corrected chi connectivity index (χ3v) is 3.10. The summed E-state index contributed by atoms with van der Waals surface area (Å²) in [5.74, 6) is 2.01. The summed E-state index contributed by atoms with van der Waals surface area (Å²) < 4.78 is 10.8. The number of benzene rings is 1. The fourth-order valence-corrected chi connectivity index (χ4v) is 1.84. The Morgan fingerprint density at radius 1 is 1.20 bits per heavy atom. The minimum Gasteiger partial charge on any atom is -0.497 e. The summed E-state index contributed by atoms with van der Waals surface area (Å²) in [5, 5.41) is 3.86. The summed E-state index contributed by atoms with van der Waals surface area (Å²) in [4.78, 5) is 4.17.